The van der Waals surface area contributed by atoms with Crippen molar-refractivity contribution in [3.8, 4) is 0 Å². The third kappa shape index (κ3) is 3.79. The number of aliphatic hydroxyl groups excluding tert-OH is 1. The lowest BCUT2D eigenvalue weighted by Gasteiger charge is -2.21. The number of aliphatic hydroxyl groups is 1. The number of β-amino-alcohol motifs (C(OH)–C–C–N with tert-alkyl or cyclic N) is 1. The largest absolute Gasteiger partial charge is 0.445 e. The van der Waals surface area contributed by atoms with Gasteiger partial charge in [-0.3, -0.25) is 4.79 Å². The van der Waals surface area contributed by atoms with E-state index < -0.39 is 12.2 Å². The minimum absolute atomic E-state index is 0.0203. The molecule has 1 aliphatic heterocycles. The van der Waals surface area contributed by atoms with Crippen LogP contribution in [0.1, 0.15) is 18.4 Å². The first kappa shape index (κ1) is 13.5. The average molecular weight is 263 g/mol. The molecule has 5 nitrogen and oxygen atoms in total. The summed E-state index contributed by atoms with van der Waals surface area (Å²) >= 11 is 0. The molecule has 1 aliphatic rings. The Bertz CT molecular complexity index is 446. The molecule has 0 bridgehead atoms. The third-order valence-electron chi connectivity index (χ3n) is 3.08. The fourth-order valence-corrected chi connectivity index (χ4v) is 1.99. The monoisotopic (exact) mass is 263 g/mol. The smallest absolute Gasteiger partial charge is 0.410 e. The number of amides is 1. The number of likely N-dealkylation sites (tertiary alicyclic amines) is 1. The molecule has 1 N–H and O–H groups in total. The minimum atomic E-state index is -1.09. The molecule has 0 radical (unpaired) electrons. The van der Waals surface area contributed by atoms with Crippen LogP contribution in [0.5, 0.6) is 0 Å². The molecule has 5 heteroatoms. The number of carbonyl (C=O) groups is 2. The fraction of sp³-hybridized carbons (Fsp3) is 0.429. The Balaban J connectivity index is 1.87. The van der Waals surface area contributed by atoms with E-state index in [-0.39, 0.29) is 18.9 Å². The lowest BCUT2D eigenvalue weighted by atomic mass is 10.2. The van der Waals surface area contributed by atoms with Gasteiger partial charge in [0.05, 0.1) is 6.54 Å². The zero-order valence-corrected chi connectivity index (χ0v) is 10.6. The van der Waals surface area contributed by atoms with Crippen molar-refractivity contribution in [2.75, 3.05) is 13.1 Å². The Labute approximate surface area is 111 Å². The van der Waals surface area contributed by atoms with Crippen molar-refractivity contribution in [1.29, 1.82) is 0 Å². The number of hydrogen-bond acceptors (Lipinski definition) is 4. The minimum Gasteiger partial charge on any atom is -0.445 e. The van der Waals surface area contributed by atoms with Crippen molar-refractivity contribution in [3.05, 3.63) is 35.9 Å². The van der Waals surface area contributed by atoms with E-state index in [2.05, 4.69) is 0 Å². The van der Waals surface area contributed by atoms with Gasteiger partial charge in [-0.1, -0.05) is 30.3 Å². The second kappa shape index (κ2) is 6.33. The molecule has 1 saturated heterocycles. The highest BCUT2D eigenvalue weighted by atomic mass is 16.6. The van der Waals surface area contributed by atoms with Crippen LogP contribution < -0.4 is 0 Å². The highest BCUT2D eigenvalue weighted by Gasteiger charge is 2.26. The van der Waals surface area contributed by atoms with E-state index in [1.807, 2.05) is 30.3 Å². The average Bonchev–Trinajstić information content (AvgIpc) is 2.60. The Morgan fingerprint density at radius 2 is 2.11 bits per heavy atom. The van der Waals surface area contributed by atoms with Crippen LogP contribution in [0.3, 0.4) is 0 Å². The molecule has 19 heavy (non-hydrogen) atoms. The van der Waals surface area contributed by atoms with Gasteiger partial charge < -0.3 is 14.7 Å². The van der Waals surface area contributed by atoms with Crippen molar-refractivity contribution >= 4 is 11.9 Å². The number of benzene rings is 1. The van der Waals surface area contributed by atoms with E-state index in [0.29, 0.717) is 19.4 Å². The lowest BCUT2D eigenvalue weighted by molar-refractivity contribution is -0.126. The zero-order chi connectivity index (χ0) is 13.7. The first-order chi connectivity index (χ1) is 9.16. The van der Waals surface area contributed by atoms with Crippen LogP contribution >= 0.6 is 0 Å². The number of ketones is 1. The molecule has 1 atom stereocenters. The van der Waals surface area contributed by atoms with Gasteiger partial charge in [-0.05, 0) is 12.0 Å². The summed E-state index contributed by atoms with van der Waals surface area (Å²) in [4.78, 5) is 24.6. The summed E-state index contributed by atoms with van der Waals surface area (Å²) in [6.07, 6.45) is -0.704. The van der Waals surface area contributed by atoms with Gasteiger partial charge in [0.15, 0.2) is 5.78 Å². The topological polar surface area (TPSA) is 66.8 Å². The van der Waals surface area contributed by atoms with Crippen LogP contribution in [-0.4, -0.2) is 41.1 Å². The van der Waals surface area contributed by atoms with Gasteiger partial charge in [-0.25, -0.2) is 4.79 Å². The van der Waals surface area contributed by atoms with E-state index in [1.54, 1.807) is 0 Å². The lowest BCUT2D eigenvalue weighted by Crippen LogP contribution is -2.38. The molecular weight excluding hydrogens is 246 g/mol. The number of rotatable bonds is 2. The number of hydrogen-bond donors (Lipinski definition) is 1. The van der Waals surface area contributed by atoms with Crippen molar-refractivity contribution in [2.45, 2.75) is 25.6 Å². The second-order valence-electron chi connectivity index (χ2n) is 4.57. The van der Waals surface area contributed by atoms with Crippen LogP contribution in [0.25, 0.3) is 0 Å². The normalized spacial score (nSPS) is 19.9. The molecule has 0 spiro atoms. The summed E-state index contributed by atoms with van der Waals surface area (Å²) in [6, 6.07) is 9.37. The molecule has 1 aromatic rings. The van der Waals surface area contributed by atoms with Gasteiger partial charge in [-0.2, -0.15) is 0 Å². The SMILES string of the molecule is O=C1CCCN(C(=O)OCc2ccccc2)CC1O. The first-order valence-corrected chi connectivity index (χ1v) is 6.33. The summed E-state index contributed by atoms with van der Waals surface area (Å²) in [5.74, 6) is -0.210. The molecule has 0 aromatic heterocycles. The molecule has 1 fully saturated rings. The Morgan fingerprint density at radius 3 is 2.84 bits per heavy atom. The van der Waals surface area contributed by atoms with Crippen LogP contribution in [0, 0.1) is 0 Å². The van der Waals surface area contributed by atoms with E-state index in [0.717, 1.165) is 5.56 Å². The van der Waals surface area contributed by atoms with E-state index in [9.17, 15) is 14.7 Å². The van der Waals surface area contributed by atoms with Gasteiger partial charge in [0.2, 0.25) is 0 Å². The van der Waals surface area contributed by atoms with Gasteiger partial charge in [0.25, 0.3) is 0 Å². The third-order valence-corrected chi connectivity index (χ3v) is 3.08. The predicted octanol–water partition coefficient (Wildman–Crippen LogP) is 1.35. The van der Waals surface area contributed by atoms with Gasteiger partial charge in [0.1, 0.15) is 12.7 Å². The van der Waals surface area contributed by atoms with E-state index in [4.69, 9.17) is 4.74 Å². The second-order valence-corrected chi connectivity index (χ2v) is 4.57. The number of Topliss-reactive ketones (excluding diaryl/α,β-unsaturated/α-hetero) is 1. The maximum Gasteiger partial charge on any atom is 0.410 e. The molecule has 102 valence electrons. The zero-order valence-electron chi connectivity index (χ0n) is 10.6. The first-order valence-electron chi connectivity index (χ1n) is 6.33. The molecular formula is C14H17NO4. The maximum absolute atomic E-state index is 11.9. The van der Waals surface area contributed by atoms with Crippen LogP contribution in [0.2, 0.25) is 0 Å². The molecule has 1 heterocycles. The maximum atomic E-state index is 11.9. The standard InChI is InChI=1S/C14H17NO4/c16-12-7-4-8-15(9-13(12)17)14(18)19-10-11-5-2-1-3-6-11/h1-3,5-6,13,17H,4,7-10H2. The quantitative estimate of drug-likeness (QED) is 0.874. The highest BCUT2D eigenvalue weighted by molar-refractivity contribution is 5.84. The summed E-state index contributed by atoms with van der Waals surface area (Å²) in [5, 5.41) is 9.56. The summed E-state index contributed by atoms with van der Waals surface area (Å²) in [7, 11) is 0. The van der Waals surface area contributed by atoms with Crippen LogP contribution in [0.4, 0.5) is 4.79 Å². The highest BCUT2D eigenvalue weighted by Crippen LogP contribution is 2.10. The number of carbonyl (C=O) groups excluding carboxylic acids is 2. The molecule has 1 unspecified atom stereocenters. The summed E-state index contributed by atoms with van der Waals surface area (Å²) in [6.45, 7) is 0.656. The number of nitrogens with zero attached hydrogens (tertiary/aromatic N) is 1. The van der Waals surface area contributed by atoms with Crippen molar-refractivity contribution in [1.82, 2.24) is 4.90 Å². The van der Waals surface area contributed by atoms with Crippen LogP contribution in [-0.2, 0) is 16.1 Å². The summed E-state index contributed by atoms with van der Waals surface area (Å²) in [5.41, 5.74) is 0.905. The van der Waals surface area contributed by atoms with Crippen molar-refractivity contribution in [3.63, 3.8) is 0 Å². The van der Waals surface area contributed by atoms with Gasteiger partial charge >= 0.3 is 6.09 Å². The number of ether oxygens (including phenoxy) is 1. The van der Waals surface area contributed by atoms with E-state index in [1.165, 1.54) is 4.90 Å². The fourth-order valence-electron chi connectivity index (χ4n) is 1.99. The predicted molar refractivity (Wildman–Crippen MR) is 68.4 cm³/mol. The van der Waals surface area contributed by atoms with E-state index >= 15 is 0 Å². The molecule has 1 aromatic carbocycles. The Kier molecular flexibility index (Phi) is 4.52. The van der Waals surface area contributed by atoms with Crippen molar-refractivity contribution in [2.24, 2.45) is 0 Å². The Hall–Kier alpha value is -1.88. The summed E-state index contributed by atoms with van der Waals surface area (Å²) < 4.78 is 5.17. The van der Waals surface area contributed by atoms with Crippen molar-refractivity contribution < 1.29 is 19.4 Å². The molecule has 0 saturated carbocycles. The Morgan fingerprint density at radius 1 is 1.37 bits per heavy atom. The molecule has 2 rings (SSSR count). The molecule has 1 amide bonds. The molecule has 0 aliphatic carbocycles. The van der Waals surface area contributed by atoms with Gasteiger partial charge in [-0.15, -0.1) is 0 Å². The van der Waals surface area contributed by atoms with Gasteiger partial charge in [0, 0.05) is 13.0 Å². The van der Waals surface area contributed by atoms with Crippen LogP contribution in [0.15, 0.2) is 30.3 Å².